The Bertz CT molecular complexity index is 1280. The summed E-state index contributed by atoms with van der Waals surface area (Å²) in [6, 6.07) is 4.36. The van der Waals surface area contributed by atoms with Gasteiger partial charge in [0, 0.05) is 17.2 Å². The van der Waals surface area contributed by atoms with Crippen molar-refractivity contribution in [3.63, 3.8) is 0 Å². The Morgan fingerprint density at radius 2 is 1.87 bits per heavy atom. The van der Waals surface area contributed by atoms with E-state index in [0.717, 1.165) is 0 Å². The zero-order chi connectivity index (χ0) is 22.9. The van der Waals surface area contributed by atoms with Crippen LogP contribution in [-0.4, -0.2) is 31.4 Å². The monoisotopic (exact) mass is 453 g/mol. The second-order valence-corrected chi connectivity index (χ2v) is 7.44. The summed E-state index contributed by atoms with van der Waals surface area (Å²) in [4.78, 5) is 37.7. The number of aromatic amines is 2. The minimum atomic E-state index is -2.83. The molecule has 0 saturated carbocycles. The number of aromatic nitrogens is 5. The van der Waals surface area contributed by atoms with Crippen molar-refractivity contribution in [2.45, 2.75) is 39.7 Å². The van der Waals surface area contributed by atoms with E-state index in [-0.39, 0.29) is 39.4 Å². The van der Waals surface area contributed by atoms with Gasteiger partial charge in [-0.3, -0.25) is 14.6 Å². The van der Waals surface area contributed by atoms with Crippen LogP contribution < -0.4 is 21.5 Å². The molecular weight excluding hydrogens is 436 g/mol. The third-order valence-electron chi connectivity index (χ3n) is 4.34. The van der Waals surface area contributed by atoms with Gasteiger partial charge >= 0.3 is 5.69 Å². The zero-order valence-electron chi connectivity index (χ0n) is 16.7. The van der Waals surface area contributed by atoms with Gasteiger partial charge in [-0.05, 0) is 30.5 Å². The Hall–Kier alpha value is -3.34. The molecule has 3 rings (SSSR count). The molecule has 9 nitrogen and oxygen atoms in total. The van der Waals surface area contributed by atoms with Crippen LogP contribution in [-0.2, 0) is 6.54 Å². The average Bonchev–Trinajstić information content (AvgIpc) is 2.67. The van der Waals surface area contributed by atoms with E-state index < -0.39 is 24.2 Å². The van der Waals surface area contributed by atoms with Crippen LogP contribution in [0.25, 0.3) is 11.3 Å². The standard InChI is InChI=1S/C19H18ClF2N5O4/c1-8(2)11-6-14(24-25-17(11)28)31-16-9(3)4-10(5-12(16)20)15-18(29)23-19(30)27(26-15)7-13(21)22/h4-6,8,13H,7H2,1-3H3,(H,25,28)(H,23,29,30). The van der Waals surface area contributed by atoms with Gasteiger partial charge in [0.1, 0.15) is 6.54 Å². The smallest absolute Gasteiger partial charge is 0.344 e. The Balaban J connectivity index is 2.02. The molecule has 2 aromatic heterocycles. The van der Waals surface area contributed by atoms with E-state index in [9.17, 15) is 23.2 Å². The fourth-order valence-corrected chi connectivity index (χ4v) is 3.16. The van der Waals surface area contributed by atoms with E-state index in [2.05, 4.69) is 15.3 Å². The van der Waals surface area contributed by atoms with Gasteiger partial charge in [-0.25, -0.2) is 23.4 Å². The van der Waals surface area contributed by atoms with Crippen LogP contribution in [0.4, 0.5) is 8.78 Å². The molecule has 164 valence electrons. The van der Waals surface area contributed by atoms with Crippen molar-refractivity contribution in [2.24, 2.45) is 0 Å². The second kappa shape index (κ2) is 8.80. The molecule has 0 spiro atoms. The Morgan fingerprint density at radius 1 is 1.16 bits per heavy atom. The summed E-state index contributed by atoms with van der Waals surface area (Å²) in [5.74, 6) is 0.272. The molecule has 2 N–H and O–H groups in total. The van der Waals surface area contributed by atoms with Crippen molar-refractivity contribution in [3.05, 3.63) is 65.5 Å². The summed E-state index contributed by atoms with van der Waals surface area (Å²) < 4.78 is 31.5. The van der Waals surface area contributed by atoms with Crippen LogP contribution in [0, 0.1) is 6.92 Å². The number of alkyl halides is 2. The lowest BCUT2D eigenvalue weighted by Gasteiger charge is -2.13. The average molecular weight is 454 g/mol. The summed E-state index contributed by atoms with van der Waals surface area (Å²) in [6.07, 6.45) is -2.83. The number of aryl methyl sites for hydroxylation is 1. The number of rotatable bonds is 6. The van der Waals surface area contributed by atoms with Crippen molar-refractivity contribution in [1.82, 2.24) is 25.0 Å². The number of nitrogens with zero attached hydrogens (tertiary/aromatic N) is 3. The first-order valence-corrected chi connectivity index (χ1v) is 9.52. The van der Waals surface area contributed by atoms with E-state index in [1.165, 1.54) is 18.2 Å². The van der Waals surface area contributed by atoms with Crippen molar-refractivity contribution < 1.29 is 13.5 Å². The highest BCUT2D eigenvalue weighted by Crippen LogP contribution is 2.35. The van der Waals surface area contributed by atoms with Gasteiger partial charge in [0.25, 0.3) is 17.5 Å². The maximum atomic E-state index is 12.7. The lowest BCUT2D eigenvalue weighted by molar-refractivity contribution is 0.119. The molecule has 12 heteroatoms. The van der Waals surface area contributed by atoms with Crippen molar-refractivity contribution in [1.29, 1.82) is 0 Å². The van der Waals surface area contributed by atoms with Crippen molar-refractivity contribution in [3.8, 4) is 22.9 Å². The van der Waals surface area contributed by atoms with E-state index >= 15 is 0 Å². The lowest BCUT2D eigenvalue weighted by Crippen LogP contribution is -2.35. The van der Waals surface area contributed by atoms with Crippen LogP contribution in [0.2, 0.25) is 5.02 Å². The number of halogens is 3. The number of ether oxygens (including phenoxy) is 1. The first-order valence-electron chi connectivity index (χ1n) is 9.14. The van der Waals surface area contributed by atoms with Gasteiger partial charge < -0.3 is 4.74 Å². The molecule has 3 aromatic rings. The fourth-order valence-electron chi connectivity index (χ4n) is 2.86. The third kappa shape index (κ3) is 4.88. The molecule has 0 aliphatic heterocycles. The number of hydrogen-bond donors (Lipinski definition) is 2. The van der Waals surface area contributed by atoms with Crippen molar-refractivity contribution >= 4 is 11.6 Å². The topological polar surface area (TPSA) is 123 Å². The quantitative estimate of drug-likeness (QED) is 0.591. The SMILES string of the molecule is Cc1cc(-c2nn(CC(F)F)c(=O)[nH]c2=O)cc(Cl)c1Oc1cc(C(C)C)c(=O)[nH]n1. The molecule has 0 fully saturated rings. The van der Waals surface area contributed by atoms with E-state index in [0.29, 0.717) is 15.8 Å². The molecule has 0 aliphatic rings. The fraction of sp³-hybridized carbons (Fsp3) is 0.316. The number of nitrogens with one attached hydrogen (secondary N) is 2. The Kier molecular flexibility index (Phi) is 6.34. The predicted octanol–water partition coefficient (Wildman–Crippen LogP) is 2.82. The zero-order valence-corrected chi connectivity index (χ0v) is 17.5. The number of benzene rings is 1. The van der Waals surface area contributed by atoms with Gasteiger partial charge in [0.15, 0.2) is 11.4 Å². The first-order chi connectivity index (χ1) is 14.6. The van der Waals surface area contributed by atoms with Gasteiger partial charge in [0.05, 0.1) is 5.02 Å². The molecule has 1 aromatic carbocycles. The molecule has 0 atom stereocenters. The van der Waals surface area contributed by atoms with Gasteiger partial charge in [0.2, 0.25) is 5.88 Å². The summed E-state index contributed by atoms with van der Waals surface area (Å²) in [5, 5.41) is 10.0. The predicted molar refractivity (Wildman–Crippen MR) is 109 cm³/mol. The van der Waals surface area contributed by atoms with Crippen LogP contribution in [0.5, 0.6) is 11.6 Å². The van der Waals surface area contributed by atoms with E-state index in [1.807, 2.05) is 18.8 Å². The molecule has 2 heterocycles. The highest BCUT2D eigenvalue weighted by atomic mass is 35.5. The molecule has 0 saturated heterocycles. The summed E-state index contributed by atoms with van der Waals surface area (Å²) >= 11 is 6.32. The highest BCUT2D eigenvalue weighted by Gasteiger charge is 2.17. The minimum absolute atomic E-state index is 0.0604. The maximum Gasteiger partial charge on any atom is 0.344 e. The molecule has 0 radical (unpaired) electrons. The number of hydrogen-bond acceptors (Lipinski definition) is 6. The van der Waals surface area contributed by atoms with E-state index in [1.54, 1.807) is 6.92 Å². The number of H-pyrrole nitrogens is 2. The van der Waals surface area contributed by atoms with Crippen LogP contribution in [0.3, 0.4) is 0 Å². The second-order valence-electron chi connectivity index (χ2n) is 7.03. The molecule has 0 amide bonds. The van der Waals surface area contributed by atoms with Crippen molar-refractivity contribution in [2.75, 3.05) is 0 Å². The largest absolute Gasteiger partial charge is 0.436 e. The van der Waals surface area contributed by atoms with Gasteiger partial charge in [-0.1, -0.05) is 25.4 Å². The summed E-state index contributed by atoms with van der Waals surface area (Å²) in [6.45, 7) is 4.37. The third-order valence-corrected chi connectivity index (χ3v) is 4.62. The summed E-state index contributed by atoms with van der Waals surface area (Å²) in [7, 11) is 0. The molecule has 0 bridgehead atoms. The van der Waals surface area contributed by atoms with Gasteiger partial charge in [-0.15, -0.1) is 5.10 Å². The van der Waals surface area contributed by atoms with Gasteiger partial charge in [-0.2, -0.15) is 5.10 Å². The Labute approximate surface area is 178 Å². The lowest BCUT2D eigenvalue weighted by atomic mass is 10.1. The van der Waals surface area contributed by atoms with Crippen LogP contribution in [0.15, 0.2) is 32.6 Å². The Morgan fingerprint density at radius 3 is 2.48 bits per heavy atom. The minimum Gasteiger partial charge on any atom is -0.436 e. The molecule has 0 aliphatic carbocycles. The molecular formula is C19H18ClF2N5O4. The maximum absolute atomic E-state index is 12.7. The van der Waals surface area contributed by atoms with Crippen LogP contribution >= 0.6 is 11.6 Å². The molecule has 0 unspecified atom stereocenters. The van der Waals surface area contributed by atoms with Crippen LogP contribution in [0.1, 0.15) is 30.9 Å². The first kappa shape index (κ1) is 22.3. The highest BCUT2D eigenvalue weighted by molar-refractivity contribution is 6.32. The molecule has 31 heavy (non-hydrogen) atoms. The normalized spacial score (nSPS) is 11.4. The van der Waals surface area contributed by atoms with E-state index in [4.69, 9.17) is 16.3 Å². The summed E-state index contributed by atoms with van der Waals surface area (Å²) in [5.41, 5.74) is -1.30.